The Balaban J connectivity index is 2.35. The normalized spacial score (nSPS) is 12.5. The molecule has 0 heterocycles. The van der Waals surface area contributed by atoms with E-state index >= 15 is 0 Å². The van der Waals surface area contributed by atoms with E-state index in [4.69, 9.17) is 9.47 Å². The van der Waals surface area contributed by atoms with Gasteiger partial charge < -0.3 is 9.47 Å². The van der Waals surface area contributed by atoms with Gasteiger partial charge in [0.05, 0.1) is 12.7 Å². The molecule has 0 spiro atoms. The molecule has 0 saturated carbocycles. The van der Waals surface area contributed by atoms with Gasteiger partial charge in [-0.15, -0.1) is 0 Å². The molecule has 0 amide bonds. The van der Waals surface area contributed by atoms with Crippen molar-refractivity contribution in [3.05, 3.63) is 35.9 Å². The highest BCUT2D eigenvalue weighted by Gasteiger charge is 2.16. The van der Waals surface area contributed by atoms with Crippen molar-refractivity contribution in [1.82, 2.24) is 0 Å². The third kappa shape index (κ3) is 4.45. The molecule has 0 saturated heterocycles. The molecule has 0 N–H and O–H groups in total. The molecule has 1 aromatic carbocycles. The molecule has 3 nitrogen and oxygen atoms in total. The zero-order valence-corrected chi connectivity index (χ0v) is 9.97. The maximum absolute atomic E-state index is 11.4. The van der Waals surface area contributed by atoms with Crippen molar-refractivity contribution in [1.29, 1.82) is 0 Å². The maximum Gasteiger partial charge on any atom is 0.335 e. The lowest BCUT2D eigenvalue weighted by molar-refractivity contribution is -0.160. The quantitative estimate of drug-likeness (QED) is 0.718. The summed E-state index contributed by atoms with van der Waals surface area (Å²) < 4.78 is 10.5. The van der Waals surface area contributed by atoms with Gasteiger partial charge in [-0.25, -0.2) is 4.79 Å². The van der Waals surface area contributed by atoms with Gasteiger partial charge in [0.25, 0.3) is 0 Å². The number of ether oxygens (including phenoxy) is 2. The Morgan fingerprint density at radius 3 is 2.38 bits per heavy atom. The molecule has 0 bridgehead atoms. The lowest BCUT2D eigenvalue weighted by Gasteiger charge is -2.14. The zero-order chi connectivity index (χ0) is 12.0. The van der Waals surface area contributed by atoms with E-state index in [0.717, 1.165) is 5.56 Å². The lowest BCUT2D eigenvalue weighted by Crippen LogP contribution is -2.25. The largest absolute Gasteiger partial charge is 0.461 e. The van der Waals surface area contributed by atoms with Crippen LogP contribution in [-0.2, 0) is 20.9 Å². The minimum Gasteiger partial charge on any atom is -0.461 e. The van der Waals surface area contributed by atoms with Gasteiger partial charge in [-0.3, -0.25) is 0 Å². The van der Waals surface area contributed by atoms with Gasteiger partial charge in [-0.1, -0.05) is 30.3 Å². The molecular formula is C13H18O3. The van der Waals surface area contributed by atoms with Crippen LogP contribution < -0.4 is 0 Å². The summed E-state index contributed by atoms with van der Waals surface area (Å²) in [6.07, 6.45) is -0.627. The van der Waals surface area contributed by atoms with Crippen molar-refractivity contribution in [2.24, 2.45) is 0 Å². The van der Waals surface area contributed by atoms with Crippen molar-refractivity contribution >= 4 is 5.97 Å². The van der Waals surface area contributed by atoms with Crippen molar-refractivity contribution in [3.8, 4) is 0 Å². The summed E-state index contributed by atoms with van der Waals surface area (Å²) in [5.41, 5.74) is 1.05. The second-order valence-corrected chi connectivity index (χ2v) is 3.92. The second kappa shape index (κ2) is 6.28. The van der Waals surface area contributed by atoms with Crippen LogP contribution in [0.25, 0.3) is 0 Å². The van der Waals surface area contributed by atoms with Crippen LogP contribution in [0.5, 0.6) is 0 Å². The second-order valence-electron chi connectivity index (χ2n) is 3.92. The molecule has 0 aliphatic rings. The lowest BCUT2D eigenvalue weighted by atomic mass is 10.2. The number of esters is 1. The van der Waals surface area contributed by atoms with E-state index in [1.54, 1.807) is 6.92 Å². The van der Waals surface area contributed by atoms with Gasteiger partial charge in [-0.05, 0) is 26.3 Å². The highest BCUT2D eigenvalue weighted by atomic mass is 16.6. The van der Waals surface area contributed by atoms with Crippen molar-refractivity contribution in [3.63, 3.8) is 0 Å². The van der Waals surface area contributed by atoms with Crippen LogP contribution in [0.3, 0.4) is 0 Å². The van der Waals surface area contributed by atoms with Crippen LogP contribution >= 0.6 is 0 Å². The van der Waals surface area contributed by atoms with E-state index in [9.17, 15) is 4.79 Å². The summed E-state index contributed by atoms with van der Waals surface area (Å²) in [5.74, 6) is -0.314. The molecule has 0 aliphatic carbocycles. The van der Waals surface area contributed by atoms with Crippen molar-refractivity contribution < 1.29 is 14.3 Å². The highest BCUT2D eigenvalue weighted by Crippen LogP contribution is 2.05. The number of benzene rings is 1. The fourth-order valence-electron chi connectivity index (χ4n) is 1.19. The highest BCUT2D eigenvalue weighted by molar-refractivity contribution is 5.74. The van der Waals surface area contributed by atoms with E-state index in [1.807, 2.05) is 44.2 Å². The van der Waals surface area contributed by atoms with Crippen LogP contribution in [0.2, 0.25) is 0 Å². The number of hydrogen-bond acceptors (Lipinski definition) is 3. The van der Waals surface area contributed by atoms with Crippen molar-refractivity contribution in [2.75, 3.05) is 0 Å². The molecule has 1 unspecified atom stereocenters. The molecule has 88 valence electrons. The fraction of sp³-hybridized carbons (Fsp3) is 0.462. The average molecular weight is 222 g/mol. The van der Waals surface area contributed by atoms with Crippen LogP contribution in [0.4, 0.5) is 0 Å². The number of carbonyl (C=O) groups excluding carboxylic acids is 1. The van der Waals surface area contributed by atoms with Gasteiger partial charge >= 0.3 is 5.97 Å². The number of carbonyl (C=O) groups is 1. The van der Waals surface area contributed by atoms with E-state index in [2.05, 4.69) is 0 Å². The standard InChI is InChI=1S/C13H18O3/c1-10(2)16-13(14)11(3)15-9-12-7-5-4-6-8-12/h4-8,10-11H,9H2,1-3H3. The summed E-state index contributed by atoms with van der Waals surface area (Å²) in [6, 6.07) is 9.74. The monoisotopic (exact) mass is 222 g/mol. The summed E-state index contributed by atoms with van der Waals surface area (Å²) in [7, 11) is 0. The van der Waals surface area contributed by atoms with E-state index in [1.165, 1.54) is 0 Å². The first kappa shape index (κ1) is 12.7. The van der Waals surface area contributed by atoms with Crippen molar-refractivity contribution in [2.45, 2.75) is 39.6 Å². The van der Waals surface area contributed by atoms with Crippen LogP contribution in [0.1, 0.15) is 26.3 Å². The molecule has 0 fully saturated rings. The van der Waals surface area contributed by atoms with Crippen LogP contribution in [0.15, 0.2) is 30.3 Å². The van der Waals surface area contributed by atoms with Gasteiger partial charge in [0.15, 0.2) is 6.10 Å². The van der Waals surface area contributed by atoms with Gasteiger partial charge in [0, 0.05) is 0 Å². The molecule has 1 aromatic rings. The number of rotatable bonds is 5. The first-order valence-corrected chi connectivity index (χ1v) is 5.45. The first-order valence-electron chi connectivity index (χ1n) is 5.45. The Bertz CT molecular complexity index is 319. The third-order valence-electron chi connectivity index (χ3n) is 2.03. The predicted octanol–water partition coefficient (Wildman–Crippen LogP) is 2.54. The Kier molecular flexibility index (Phi) is 4.99. The Morgan fingerprint density at radius 1 is 1.19 bits per heavy atom. The van der Waals surface area contributed by atoms with E-state index in [0.29, 0.717) is 6.61 Å². The molecule has 0 radical (unpaired) electrons. The Labute approximate surface area is 96.4 Å². The molecule has 1 atom stereocenters. The summed E-state index contributed by atoms with van der Waals surface area (Å²) in [6.45, 7) is 5.77. The third-order valence-corrected chi connectivity index (χ3v) is 2.03. The van der Waals surface area contributed by atoms with Gasteiger partial charge in [0.2, 0.25) is 0 Å². The van der Waals surface area contributed by atoms with Crippen LogP contribution in [0, 0.1) is 0 Å². The Morgan fingerprint density at radius 2 is 1.81 bits per heavy atom. The maximum atomic E-state index is 11.4. The SMILES string of the molecule is CC(C)OC(=O)C(C)OCc1ccccc1. The van der Waals surface area contributed by atoms with Gasteiger partial charge in [0.1, 0.15) is 0 Å². The average Bonchev–Trinajstić information content (AvgIpc) is 2.26. The van der Waals surface area contributed by atoms with E-state index < -0.39 is 6.10 Å². The smallest absolute Gasteiger partial charge is 0.335 e. The summed E-state index contributed by atoms with van der Waals surface area (Å²) in [4.78, 5) is 11.4. The molecule has 0 aliphatic heterocycles. The minimum absolute atomic E-state index is 0.102. The van der Waals surface area contributed by atoms with E-state index in [-0.39, 0.29) is 12.1 Å². The van der Waals surface area contributed by atoms with Crippen LogP contribution in [-0.4, -0.2) is 18.2 Å². The fourth-order valence-corrected chi connectivity index (χ4v) is 1.19. The predicted molar refractivity (Wildman–Crippen MR) is 61.9 cm³/mol. The Hall–Kier alpha value is -1.35. The van der Waals surface area contributed by atoms with Gasteiger partial charge in [-0.2, -0.15) is 0 Å². The first-order chi connectivity index (χ1) is 7.59. The molecule has 1 rings (SSSR count). The summed E-state index contributed by atoms with van der Waals surface area (Å²) in [5, 5.41) is 0. The number of hydrogen-bond donors (Lipinski definition) is 0. The molecular weight excluding hydrogens is 204 g/mol. The molecule has 3 heteroatoms. The molecule has 16 heavy (non-hydrogen) atoms. The summed E-state index contributed by atoms with van der Waals surface area (Å²) >= 11 is 0. The zero-order valence-electron chi connectivity index (χ0n) is 9.97. The minimum atomic E-state index is -0.525. The molecule has 0 aromatic heterocycles. The topological polar surface area (TPSA) is 35.5 Å².